The van der Waals surface area contributed by atoms with Gasteiger partial charge in [0.2, 0.25) is 5.91 Å². The van der Waals surface area contributed by atoms with Crippen LogP contribution in [0.3, 0.4) is 0 Å². The van der Waals surface area contributed by atoms with Gasteiger partial charge in [-0.05, 0) is 19.3 Å². The van der Waals surface area contributed by atoms with Crippen LogP contribution in [0.2, 0.25) is 0 Å². The summed E-state index contributed by atoms with van der Waals surface area (Å²) in [5, 5.41) is 33.4. The van der Waals surface area contributed by atoms with Crippen molar-refractivity contribution in [1.29, 1.82) is 0 Å². The lowest BCUT2D eigenvalue weighted by atomic mass is 10.0. The van der Waals surface area contributed by atoms with Gasteiger partial charge in [-0.3, -0.25) is 4.79 Å². The second-order valence-corrected chi connectivity index (χ2v) is 20.2. The van der Waals surface area contributed by atoms with Gasteiger partial charge in [-0.25, -0.2) is 0 Å². The number of hydrogen-bond acceptors (Lipinski definition) is 4. The van der Waals surface area contributed by atoms with Gasteiger partial charge in [0.25, 0.3) is 0 Å². The molecular weight excluding hydrogens is 775 g/mol. The molecule has 63 heavy (non-hydrogen) atoms. The maximum Gasteiger partial charge on any atom is 0.249 e. The Morgan fingerprint density at radius 2 is 0.619 bits per heavy atom. The van der Waals surface area contributed by atoms with E-state index in [1.54, 1.807) is 6.08 Å². The van der Waals surface area contributed by atoms with Crippen LogP contribution in [0.4, 0.5) is 0 Å². The number of unbranched alkanes of at least 4 members (excludes halogenated alkanes) is 46. The molecule has 0 fully saturated rings. The number of nitrogens with one attached hydrogen (secondary N) is 1. The summed E-state index contributed by atoms with van der Waals surface area (Å²) in [6, 6.07) is -0.794. The molecule has 0 radical (unpaired) electrons. The van der Waals surface area contributed by atoms with Crippen LogP contribution in [0.25, 0.3) is 0 Å². The third-order valence-electron chi connectivity index (χ3n) is 13.9. The molecule has 1 amide bonds. The Bertz CT molecular complexity index is 894. The quantitative estimate of drug-likeness (QED) is 0.0362. The van der Waals surface area contributed by atoms with E-state index < -0.39 is 24.2 Å². The van der Waals surface area contributed by atoms with Crippen LogP contribution in [-0.2, 0) is 4.79 Å². The predicted molar refractivity (Wildman–Crippen MR) is 278 cm³/mol. The third-order valence-corrected chi connectivity index (χ3v) is 13.9. The Hall–Kier alpha value is -0.910. The Balaban J connectivity index is 3.49. The summed E-state index contributed by atoms with van der Waals surface area (Å²) in [5.74, 6) is -0.495. The zero-order valence-electron chi connectivity index (χ0n) is 43.0. The first-order chi connectivity index (χ1) is 31.1. The summed E-state index contributed by atoms with van der Waals surface area (Å²) >= 11 is 0. The summed E-state index contributed by atoms with van der Waals surface area (Å²) in [4.78, 5) is 12.5. The normalized spacial score (nSPS) is 13.3. The zero-order chi connectivity index (χ0) is 45.8. The van der Waals surface area contributed by atoms with E-state index in [1.165, 1.54) is 276 Å². The van der Waals surface area contributed by atoms with E-state index in [4.69, 9.17) is 0 Å². The Labute approximate surface area is 395 Å². The molecule has 0 aromatic heterocycles. The van der Waals surface area contributed by atoms with E-state index in [0.717, 1.165) is 32.1 Å². The molecule has 0 aromatic rings. The van der Waals surface area contributed by atoms with Gasteiger partial charge in [-0.1, -0.05) is 321 Å². The van der Waals surface area contributed by atoms with Crippen LogP contribution in [-0.4, -0.2) is 46.1 Å². The summed E-state index contributed by atoms with van der Waals surface area (Å²) in [7, 11) is 0. The maximum atomic E-state index is 12.5. The van der Waals surface area contributed by atoms with Crippen molar-refractivity contribution in [3.63, 3.8) is 0 Å². The van der Waals surface area contributed by atoms with Crippen LogP contribution in [0.1, 0.15) is 328 Å². The van der Waals surface area contributed by atoms with E-state index >= 15 is 0 Å². The highest BCUT2D eigenvalue weighted by molar-refractivity contribution is 5.80. The molecular formula is C58H115NO4. The molecule has 3 unspecified atom stereocenters. The van der Waals surface area contributed by atoms with E-state index in [0.29, 0.717) is 6.42 Å². The first-order valence-corrected chi connectivity index (χ1v) is 29.0. The van der Waals surface area contributed by atoms with Gasteiger partial charge in [0, 0.05) is 0 Å². The third kappa shape index (κ3) is 48.8. The highest BCUT2D eigenvalue weighted by atomic mass is 16.3. The second-order valence-electron chi connectivity index (χ2n) is 20.2. The second kappa shape index (κ2) is 53.7. The van der Waals surface area contributed by atoms with E-state index in [9.17, 15) is 20.1 Å². The molecule has 376 valence electrons. The molecule has 0 aliphatic carbocycles. The van der Waals surface area contributed by atoms with Crippen molar-refractivity contribution in [2.75, 3.05) is 6.61 Å². The van der Waals surface area contributed by atoms with Gasteiger partial charge < -0.3 is 20.6 Å². The van der Waals surface area contributed by atoms with Gasteiger partial charge >= 0.3 is 0 Å². The maximum absolute atomic E-state index is 12.5. The molecule has 4 N–H and O–H groups in total. The fraction of sp³-hybridized carbons (Fsp3) is 0.948. The molecule has 5 nitrogen and oxygen atoms in total. The van der Waals surface area contributed by atoms with Crippen LogP contribution >= 0.6 is 0 Å². The Morgan fingerprint density at radius 3 is 0.873 bits per heavy atom. The van der Waals surface area contributed by atoms with Crippen molar-refractivity contribution >= 4 is 5.91 Å². The highest BCUT2D eigenvalue weighted by Crippen LogP contribution is 2.18. The van der Waals surface area contributed by atoms with Crippen LogP contribution in [0.5, 0.6) is 0 Å². The molecule has 0 saturated heterocycles. The Kier molecular flexibility index (Phi) is 52.9. The van der Waals surface area contributed by atoms with E-state index in [-0.39, 0.29) is 6.61 Å². The molecule has 0 saturated carbocycles. The van der Waals surface area contributed by atoms with Gasteiger partial charge in [0.15, 0.2) is 0 Å². The van der Waals surface area contributed by atoms with Gasteiger partial charge in [-0.15, -0.1) is 0 Å². The average Bonchev–Trinajstić information content (AvgIpc) is 3.29. The van der Waals surface area contributed by atoms with Crippen molar-refractivity contribution < 1.29 is 20.1 Å². The van der Waals surface area contributed by atoms with Crippen molar-refractivity contribution in [2.24, 2.45) is 0 Å². The van der Waals surface area contributed by atoms with Crippen molar-refractivity contribution in [1.82, 2.24) is 5.32 Å². The summed E-state index contributed by atoms with van der Waals surface area (Å²) in [5.41, 5.74) is 0. The topological polar surface area (TPSA) is 89.8 Å². The fourth-order valence-corrected chi connectivity index (χ4v) is 9.37. The monoisotopic (exact) mass is 890 g/mol. The van der Waals surface area contributed by atoms with E-state index in [1.807, 2.05) is 6.08 Å². The van der Waals surface area contributed by atoms with E-state index in [2.05, 4.69) is 19.2 Å². The van der Waals surface area contributed by atoms with Gasteiger partial charge in [0.1, 0.15) is 6.10 Å². The summed E-state index contributed by atoms with van der Waals surface area (Å²) in [6.45, 7) is 4.22. The molecule has 0 aromatic carbocycles. The molecule has 0 aliphatic rings. The highest BCUT2D eigenvalue weighted by Gasteiger charge is 2.22. The molecule has 0 bridgehead atoms. The molecule has 0 spiro atoms. The minimum Gasteiger partial charge on any atom is -0.394 e. The molecule has 0 rings (SSSR count). The Morgan fingerprint density at radius 1 is 0.381 bits per heavy atom. The number of rotatable bonds is 54. The molecule has 5 heteroatoms. The number of hydrogen-bond donors (Lipinski definition) is 4. The smallest absolute Gasteiger partial charge is 0.249 e. The molecule has 0 aliphatic heterocycles. The lowest BCUT2D eigenvalue weighted by Crippen LogP contribution is -2.48. The minimum atomic E-state index is -1.09. The largest absolute Gasteiger partial charge is 0.394 e. The number of carbonyl (C=O) groups is 1. The number of amides is 1. The van der Waals surface area contributed by atoms with Gasteiger partial charge in [0.05, 0.1) is 18.8 Å². The van der Waals surface area contributed by atoms with Gasteiger partial charge in [-0.2, -0.15) is 0 Å². The molecule has 3 atom stereocenters. The predicted octanol–water partition coefficient (Wildman–Crippen LogP) is 17.9. The van der Waals surface area contributed by atoms with Crippen molar-refractivity contribution in [2.45, 2.75) is 347 Å². The lowest BCUT2D eigenvalue weighted by molar-refractivity contribution is -0.131. The molecule has 0 heterocycles. The number of aliphatic hydroxyl groups is 3. The van der Waals surface area contributed by atoms with Crippen LogP contribution < -0.4 is 5.32 Å². The SMILES string of the molecule is CCCCCCCCCCCCCCCCCC/C=C/C(O)C(CO)NC(=O)C(O)CCCCCCCCCCCCCCCCCCCCCCCCCCCCCCCCC. The first-order valence-electron chi connectivity index (χ1n) is 29.0. The number of aliphatic hydroxyl groups excluding tert-OH is 3. The minimum absolute atomic E-state index is 0.358. The zero-order valence-corrected chi connectivity index (χ0v) is 43.0. The lowest BCUT2D eigenvalue weighted by Gasteiger charge is -2.21. The van der Waals surface area contributed by atoms with Crippen LogP contribution in [0, 0.1) is 0 Å². The fourth-order valence-electron chi connectivity index (χ4n) is 9.37. The van der Waals surface area contributed by atoms with Crippen molar-refractivity contribution in [3.8, 4) is 0 Å². The van der Waals surface area contributed by atoms with Crippen LogP contribution in [0.15, 0.2) is 12.2 Å². The standard InChI is InChI=1S/C58H115NO4/c1-3-5-7-9-11-13-15-17-19-21-23-24-25-26-27-28-29-30-31-32-33-34-35-37-39-41-43-45-47-49-51-53-57(62)58(63)59-55(54-60)56(61)52-50-48-46-44-42-40-38-36-22-20-18-16-14-12-10-8-6-4-2/h50,52,55-57,60-62H,3-49,51,53-54H2,1-2H3,(H,59,63)/b52-50+. The summed E-state index contributed by atoms with van der Waals surface area (Å²) < 4.78 is 0. The number of carbonyl (C=O) groups excluding carboxylic acids is 1. The first kappa shape index (κ1) is 62.1. The summed E-state index contributed by atoms with van der Waals surface area (Å²) in [6.07, 6.45) is 67.3. The average molecular weight is 891 g/mol. The number of allylic oxidation sites excluding steroid dienone is 1. The van der Waals surface area contributed by atoms with Crippen molar-refractivity contribution in [3.05, 3.63) is 12.2 Å².